The van der Waals surface area contributed by atoms with E-state index in [2.05, 4.69) is 10.1 Å². The molecule has 22 heavy (non-hydrogen) atoms. The van der Waals surface area contributed by atoms with Crippen LogP contribution in [0.5, 0.6) is 0 Å². The molecule has 0 aromatic rings. The number of nitrogens with one attached hydrogen (secondary N) is 1. The molecule has 1 saturated heterocycles. The van der Waals surface area contributed by atoms with Crippen LogP contribution >= 0.6 is 0 Å². The summed E-state index contributed by atoms with van der Waals surface area (Å²) in [5.74, 6) is -0.493. The van der Waals surface area contributed by atoms with E-state index in [0.29, 0.717) is 6.54 Å². The zero-order chi connectivity index (χ0) is 16.7. The highest BCUT2D eigenvalue weighted by Crippen LogP contribution is 2.19. The van der Waals surface area contributed by atoms with Crippen molar-refractivity contribution < 1.29 is 19.1 Å². The molecule has 0 aliphatic carbocycles. The predicted octanol–water partition coefficient (Wildman–Crippen LogP) is 1.34. The van der Waals surface area contributed by atoms with Gasteiger partial charge in [0.05, 0.1) is 19.4 Å². The van der Waals surface area contributed by atoms with Gasteiger partial charge < -0.3 is 15.0 Å². The first-order valence-corrected chi connectivity index (χ1v) is 8.05. The molecule has 1 fully saturated rings. The van der Waals surface area contributed by atoms with E-state index in [0.717, 1.165) is 25.8 Å². The standard InChI is InChI=1S/C16H28N2O4/c1-5-11(2)16(21)18-8-6-7-13(10-18)15(20)17-12(3)9-14(19)22-4/h11-13H,5-10H2,1-4H3,(H,17,20)/t11-,12+,13-/m0/s1. The normalized spacial score (nSPS) is 20.9. The van der Waals surface area contributed by atoms with E-state index >= 15 is 0 Å². The van der Waals surface area contributed by atoms with Crippen molar-refractivity contribution >= 4 is 17.8 Å². The first-order valence-electron chi connectivity index (χ1n) is 8.05. The molecule has 6 heteroatoms. The van der Waals surface area contributed by atoms with Crippen LogP contribution in [0.25, 0.3) is 0 Å². The van der Waals surface area contributed by atoms with Gasteiger partial charge in [0.2, 0.25) is 11.8 Å². The van der Waals surface area contributed by atoms with E-state index in [9.17, 15) is 14.4 Å². The van der Waals surface area contributed by atoms with Gasteiger partial charge in [-0.15, -0.1) is 0 Å². The van der Waals surface area contributed by atoms with Crippen LogP contribution in [-0.4, -0.2) is 48.9 Å². The molecule has 0 saturated carbocycles. The molecule has 0 radical (unpaired) electrons. The minimum Gasteiger partial charge on any atom is -0.469 e. The fraction of sp³-hybridized carbons (Fsp3) is 0.812. The van der Waals surface area contributed by atoms with Gasteiger partial charge in [-0.05, 0) is 26.2 Å². The zero-order valence-corrected chi connectivity index (χ0v) is 14.1. The number of hydrogen-bond acceptors (Lipinski definition) is 4. The Labute approximate surface area is 132 Å². The van der Waals surface area contributed by atoms with Crippen LogP contribution in [0.15, 0.2) is 0 Å². The second-order valence-electron chi connectivity index (χ2n) is 6.12. The molecule has 3 atom stereocenters. The third-order valence-corrected chi connectivity index (χ3v) is 4.23. The van der Waals surface area contributed by atoms with Gasteiger partial charge in [0.1, 0.15) is 0 Å². The van der Waals surface area contributed by atoms with Gasteiger partial charge in [-0.1, -0.05) is 13.8 Å². The van der Waals surface area contributed by atoms with E-state index in [1.807, 2.05) is 13.8 Å². The Balaban J connectivity index is 2.52. The number of carbonyl (C=O) groups excluding carboxylic acids is 3. The van der Waals surface area contributed by atoms with Crippen LogP contribution in [0.4, 0.5) is 0 Å². The lowest BCUT2D eigenvalue weighted by molar-refractivity contribution is -0.141. The largest absolute Gasteiger partial charge is 0.469 e. The monoisotopic (exact) mass is 312 g/mol. The number of nitrogens with zero attached hydrogens (tertiary/aromatic N) is 1. The van der Waals surface area contributed by atoms with Crippen LogP contribution in [0.3, 0.4) is 0 Å². The van der Waals surface area contributed by atoms with Gasteiger partial charge in [-0.25, -0.2) is 0 Å². The number of likely N-dealkylation sites (tertiary alicyclic amines) is 1. The number of rotatable bonds is 6. The van der Waals surface area contributed by atoms with Crippen molar-refractivity contribution in [1.82, 2.24) is 10.2 Å². The number of ether oxygens (including phenoxy) is 1. The molecule has 126 valence electrons. The third kappa shape index (κ3) is 5.31. The molecule has 2 amide bonds. The molecule has 1 aliphatic heterocycles. The van der Waals surface area contributed by atoms with Crippen molar-refractivity contribution in [3.05, 3.63) is 0 Å². The molecule has 0 bridgehead atoms. The average molecular weight is 312 g/mol. The molecule has 0 unspecified atom stereocenters. The Kier molecular flexibility index (Phi) is 7.35. The Morgan fingerprint density at radius 2 is 2.00 bits per heavy atom. The molecule has 0 aromatic carbocycles. The summed E-state index contributed by atoms with van der Waals surface area (Å²) in [5, 5.41) is 2.84. The van der Waals surface area contributed by atoms with Crippen molar-refractivity contribution in [2.24, 2.45) is 11.8 Å². The highest BCUT2D eigenvalue weighted by atomic mass is 16.5. The summed E-state index contributed by atoms with van der Waals surface area (Å²) in [6, 6.07) is -0.263. The lowest BCUT2D eigenvalue weighted by Crippen LogP contribution is -2.48. The summed E-state index contributed by atoms with van der Waals surface area (Å²) in [6.07, 6.45) is 2.58. The van der Waals surface area contributed by atoms with Gasteiger partial charge in [-0.3, -0.25) is 14.4 Å². The van der Waals surface area contributed by atoms with E-state index in [4.69, 9.17) is 0 Å². The summed E-state index contributed by atoms with van der Waals surface area (Å²) in [5.41, 5.74) is 0. The lowest BCUT2D eigenvalue weighted by Gasteiger charge is -2.34. The van der Waals surface area contributed by atoms with E-state index in [1.165, 1.54) is 7.11 Å². The molecule has 0 aromatic heterocycles. The Morgan fingerprint density at radius 1 is 1.32 bits per heavy atom. The number of carbonyl (C=O) groups is 3. The van der Waals surface area contributed by atoms with Gasteiger partial charge in [-0.2, -0.15) is 0 Å². The topological polar surface area (TPSA) is 75.7 Å². The molecule has 1 aliphatic rings. The summed E-state index contributed by atoms with van der Waals surface area (Å²) < 4.78 is 4.59. The molecule has 0 spiro atoms. The number of methoxy groups -OCH3 is 1. The van der Waals surface area contributed by atoms with Gasteiger partial charge in [0.25, 0.3) is 0 Å². The maximum atomic E-state index is 12.3. The molecule has 6 nitrogen and oxygen atoms in total. The minimum atomic E-state index is -0.343. The van der Waals surface area contributed by atoms with Crippen LogP contribution in [0.2, 0.25) is 0 Å². The van der Waals surface area contributed by atoms with E-state index in [-0.39, 0.29) is 42.1 Å². The number of amides is 2. The Bertz CT molecular complexity index is 411. The predicted molar refractivity (Wildman–Crippen MR) is 83.0 cm³/mol. The highest BCUT2D eigenvalue weighted by molar-refractivity contribution is 5.82. The van der Waals surface area contributed by atoms with Crippen molar-refractivity contribution in [2.75, 3.05) is 20.2 Å². The number of piperidine rings is 1. The van der Waals surface area contributed by atoms with Crippen LogP contribution in [0.1, 0.15) is 46.5 Å². The van der Waals surface area contributed by atoms with Gasteiger partial charge in [0.15, 0.2) is 0 Å². The zero-order valence-electron chi connectivity index (χ0n) is 14.1. The van der Waals surface area contributed by atoms with Crippen molar-refractivity contribution in [1.29, 1.82) is 0 Å². The van der Waals surface area contributed by atoms with Crippen molar-refractivity contribution in [3.8, 4) is 0 Å². The minimum absolute atomic E-state index is 0.0000549. The van der Waals surface area contributed by atoms with Crippen molar-refractivity contribution in [3.63, 3.8) is 0 Å². The second-order valence-corrected chi connectivity index (χ2v) is 6.12. The molecular weight excluding hydrogens is 284 g/mol. The second kappa shape index (κ2) is 8.76. The molecule has 1 heterocycles. The smallest absolute Gasteiger partial charge is 0.307 e. The lowest BCUT2D eigenvalue weighted by atomic mass is 9.95. The Morgan fingerprint density at radius 3 is 2.59 bits per heavy atom. The first-order chi connectivity index (χ1) is 10.4. The number of hydrogen-bond donors (Lipinski definition) is 1. The van der Waals surface area contributed by atoms with Crippen LogP contribution < -0.4 is 5.32 Å². The van der Waals surface area contributed by atoms with Crippen LogP contribution in [0, 0.1) is 11.8 Å². The maximum absolute atomic E-state index is 12.3. The fourth-order valence-corrected chi connectivity index (χ4v) is 2.62. The van der Waals surface area contributed by atoms with Gasteiger partial charge >= 0.3 is 5.97 Å². The molecular formula is C16H28N2O4. The third-order valence-electron chi connectivity index (χ3n) is 4.23. The van der Waals surface area contributed by atoms with Crippen LogP contribution in [-0.2, 0) is 19.1 Å². The van der Waals surface area contributed by atoms with E-state index < -0.39 is 0 Å². The fourth-order valence-electron chi connectivity index (χ4n) is 2.62. The summed E-state index contributed by atoms with van der Waals surface area (Å²) in [4.78, 5) is 37.5. The molecule has 1 N–H and O–H groups in total. The summed E-state index contributed by atoms with van der Waals surface area (Å²) in [7, 11) is 1.33. The van der Waals surface area contributed by atoms with E-state index in [1.54, 1.807) is 11.8 Å². The average Bonchev–Trinajstić information content (AvgIpc) is 2.53. The first kappa shape index (κ1) is 18.5. The maximum Gasteiger partial charge on any atom is 0.307 e. The number of esters is 1. The summed E-state index contributed by atoms with van der Waals surface area (Å²) >= 11 is 0. The highest BCUT2D eigenvalue weighted by Gasteiger charge is 2.30. The SMILES string of the molecule is CC[C@H](C)C(=O)N1CCC[C@H](C(=O)N[C@H](C)CC(=O)OC)C1. The molecule has 1 rings (SSSR count). The van der Waals surface area contributed by atoms with Crippen molar-refractivity contribution in [2.45, 2.75) is 52.5 Å². The van der Waals surface area contributed by atoms with Gasteiger partial charge in [0, 0.05) is 25.0 Å². The quantitative estimate of drug-likeness (QED) is 0.751. The Hall–Kier alpha value is -1.59. The summed E-state index contributed by atoms with van der Waals surface area (Å²) in [6.45, 7) is 6.89.